The van der Waals surface area contributed by atoms with Gasteiger partial charge in [-0.1, -0.05) is 29.3 Å². The van der Waals surface area contributed by atoms with Gasteiger partial charge in [0, 0.05) is 17.9 Å². The molecule has 1 unspecified atom stereocenters. The molecule has 2 rings (SSSR count). The molecule has 25 heavy (non-hydrogen) atoms. The maximum Gasteiger partial charge on any atom is 0.264 e. The number of aromatic nitrogens is 1. The van der Waals surface area contributed by atoms with Gasteiger partial charge in [0.1, 0.15) is 4.75 Å². The molecule has 0 fully saturated rings. The molecule has 1 aromatic heterocycles. The van der Waals surface area contributed by atoms with Crippen LogP contribution in [0.15, 0.2) is 40.9 Å². The second-order valence-corrected chi connectivity index (χ2v) is 8.19. The van der Waals surface area contributed by atoms with E-state index in [0.717, 1.165) is 11.8 Å². The van der Waals surface area contributed by atoms with Gasteiger partial charge in [-0.15, -0.1) is 0 Å². The first-order valence-electron chi connectivity index (χ1n) is 7.43. The van der Waals surface area contributed by atoms with Crippen molar-refractivity contribution in [3.63, 3.8) is 0 Å². The van der Waals surface area contributed by atoms with Gasteiger partial charge in [0.15, 0.2) is 9.84 Å². The SMILES string of the molecule is CC(CCc1cc(C#Cc2ccccc2)on1)(C(=O)NO)S(C)(=O)=O. The van der Waals surface area contributed by atoms with Gasteiger partial charge >= 0.3 is 0 Å². The third kappa shape index (κ3) is 4.47. The number of nitrogens with zero attached hydrogens (tertiary/aromatic N) is 1. The third-order valence-corrected chi connectivity index (χ3v) is 5.95. The molecule has 0 aliphatic carbocycles. The fourth-order valence-corrected chi connectivity index (χ4v) is 2.95. The van der Waals surface area contributed by atoms with Crippen LogP contribution < -0.4 is 5.48 Å². The van der Waals surface area contributed by atoms with Crippen molar-refractivity contribution in [1.29, 1.82) is 0 Å². The summed E-state index contributed by atoms with van der Waals surface area (Å²) in [5.74, 6) is 5.10. The van der Waals surface area contributed by atoms with Crippen molar-refractivity contribution >= 4 is 15.7 Å². The number of sulfone groups is 1. The van der Waals surface area contributed by atoms with Crippen LogP contribution in [0.3, 0.4) is 0 Å². The predicted molar refractivity (Wildman–Crippen MR) is 90.4 cm³/mol. The van der Waals surface area contributed by atoms with E-state index >= 15 is 0 Å². The molecule has 1 aromatic carbocycles. The summed E-state index contributed by atoms with van der Waals surface area (Å²) in [6.45, 7) is 1.25. The average molecular weight is 362 g/mol. The number of amides is 1. The molecule has 1 atom stereocenters. The topological polar surface area (TPSA) is 110 Å². The van der Waals surface area contributed by atoms with E-state index in [2.05, 4.69) is 17.0 Å². The third-order valence-electron chi connectivity index (χ3n) is 3.92. The lowest BCUT2D eigenvalue weighted by atomic mass is 10.0. The Kier molecular flexibility index (Phi) is 5.62. The lowest BCUT2D eigenvalue weighted by molar-refractivity contribution is -0.131. The molecule has 0 saturated carbocycles. The van der Waals surface area contributed by atoms with Gasteiger partial charge in [-0.2, -0.15) is 0 Å². The van der Waals surface area contributed by atoms with E-state index in [1.165, 1.54) is 12.4 Å². The van der Waals surface area contributed by atoms with Crippen LogP contribution in [0, 0.1) is 11.8 Å². The van der Waals surface area contributed by atoms with Crippen LogP contribution in [0.2, 0.25) is 0 Å². The van der Waals surface area contributed by atoms with Crippen LogP contribution in [0.25, 0.3) is 0 Å². The minimum atomic E-state index is -3.74. The highest BCUT2D eigenvalue weighted by molar-refractivity contribution is 7.92. The number of aryl methyl sites for hydroxylation is 1. The van der Waals surface area contributed by atoms with E-state index in [0.29, 0.717) is 11.5 Å². The summed E-state index contributed by atoms with van der Waals surface area (Å²) in [7, 11) is -3.74. The first kappa shape index (κ1) is 18.7. The molecule has 8 heteroatoms. The highest BCUT2D eigenvalue weighted by Crippen LogP contribution is 2.23. The summed E-state index contributed by atoms with van der Waals surface area (Å²) in [4.78, 5) is 11.8. The number of hydroxylamine groups is 1. The van der Waals surface area contributed by atoms with E-state index in [1.54, 1.807) is 6.07 Å². The zero-order valence-electron chi connectivity index (χ0n) is 13.8. The highest BCUT2D eigenvalue weighted by Gasteiger charge is 2.43. The summed E-state index contributed by atoms with van der Waals surface area (Å²) in [6.07, 6.45) is 1.06. The average Bonchev–Trinajstić information content (AvgIpc) is 3.05. The summed E-state index contributed by atoms with van der Waals surface area (Å²) in [5, 5.41) is 12.6. The Morgan fingerprint density at radius 2 is 2.00 bits per heavy atom. The molecular formula is C17H18N2O5S. The Balaban J connectivity index is 2.11. The van der Waals surface area contributed by atoms with E-state index in [9.17, 15) is 13.2 Å². The number of carbonyl (C=O) groups excluding carboxylic acids is 1. The number of benzene rings is 1. The van der Waals surface area contributed by atoms with Crippen LogP contribution >= 0.6 is 0 Å². The molecule has 2 aromatic rings. The second-order valence-electron chi connectivity index (χ2n) is 5.74. The molecule has 0 spiro atoms. The van der Waals surface area contributed by atoms with Crippen molar-refractivity contribution in [2.45, 2.75) is 24.5 Å². The number of hydrogen-bond acceptors (Lipinski definition) is 6. The van der Waals surface area contributed by atoms with Crippen molar-refractivity contribution < 1.29 is 22.9 Å². The van der Waals surface area contributed by atoms with E-state index < -0.39 is 20.5 Å². The maximum atomic E-state index is 11.9. The van der Waals surface area contributed by atoms with Crippen molar-refractivity contribution in [2.24, 2.45) is 0 Å². The van der Waals surface area contributed by atoms with E-state index in [1.807, 2.05) is 30.3 Å². The molecule has 0 radical (unpaired) electrons. The van der Waals surface area contributed by atoms with Crippen LogP contribution in [0.4, 0.5) is 0 Å². The van der Waals surface area contributed by atoms with Gasteiger partial charge in [-0.25, -0.2) is 13.9 Å². The molecule has 7 nitrogen and oxygen atoms in total. The van der Waals surface area contributed by atoms with Crippen molar-refractivity contribution in [1.82, 2.24) is 10.6 Å². The van der Waals surface area contributed by atoms with Gasteiger partial charge in [-0.05, 0) is 37.8 Å². The second kappa shape index (κ2) is 7.51. The van der Waals surface area contributed by atoms with Gasteiger partial charge in [-0.3, -0.25) is 10.0 Å². The number of nitrogens with one attached hydrogen (secondary N) is 1. The minimum Gasteiger partial charge on any atom is -0.347 e. The Hall–Kier alpha value is -2.63. The molecule has 0 bridgehead atoms. The summed E-state index contributed by atoms with van der Waals surface area (Å²) in [6, 6.07) is 10.9. The number of carbonyl (C=O) groups is 1. The zero-order valence-corrected chi connectivity index (χ0v) is 14.6. The van der Waals surface area contributed by atoms with Crippen LogP contribution in [-0.4, -0.2) is 35.7 Å². The monoisotopic (exact) mass is 362 g/mol. The number of rotatable bonds is 5. The molecule has 0 aliphatic rings. The number of hydrogen-bond donors (Lipinski definition) is 2. The largest absolute Gasteiger partial charge is 0.347 e. The smallest absolute Gasteiger partial charge is 0.264 e. The van der Waals surface area contributed by atoms with E-state index in [4.69, 9.17) is 9.73 Å². The first-order valence-corrected chi connectivity index (χ1v) is 9.32. The van der Waals surface area contributed by atoms with Gasteiger partial charge in [0.25, 0.3) is 5.91 Å². The molecule has 132 valence electrons. The van der Waals surface area contributed by atoms with Gasteiger partial charge in [0.2, 0.25) is 5.76 Å². The fourth-order valence-electron chi connectivity index (χ4n) is 2.10. The quantitative estimate of drug-likeness (QED) is 0.472. The standard InChI is InChI=1S/C17H18N2O5S/c1-17(16(20)18-21,25(2,22)23)11-10-14-12-15(24-19-14)9-8-13-6-4-3-5-7-13/h3-7,12,21H,10-11H2,1-2H3,(H,18,20). The molecule has 1 amide bonds. The fraction of sp³-hybridized carbons (Fsp3) is 0.294. The Morgan fingerprint density at radius 3 is 2.60 bits per heavy atom. The normalized spacial score (nSPS) is 13.4. The molecule has 2 N–H and O–H groups in total. The predicted octanol–water partition coefficient (Wildman–Crippen LogP) is 1.32. The zero-order chi connectivity index (χ0) is 18.5. The van der Waals surface area contributed by atoms with Crippen molar-refractivity contribution in [3.05, 3.63) is 53.4 Å². The Bertz CT molecular complexity index is 909. The van der Waals surface area contributed by atoms with Gasteiger partial charge < -0.3 is 4.52 Å². The minimum absolute atomic E-state index is 0.0592. The molecule has 1 heterocycles. The van der Waals surface area contributed by atoms with Crippen LogP contribution in [0.5, 0.6) is 0 Å². The summed E-state index contributed by atoms with van der Waals surface area (Å²) >= 11 is 0. The van der Waals surface area contributed by atoms with Gasteiger partial charge in [0.05, 0.1) is 5.69 Å². The van der Waals surface area contributed by atoms with Crippen LogP contribution in [-0.2, 0) is 21.1 Å². The van der Waals surface area contributed by atoms with Crippen molar-refractivity contribution in [2.75, 3.05) is 6.26 Å². The lowest BCUT2D eigenvalue weighted by Crippen LogP contribution is -2.49. The highest BCUT2D eigenvalue weighted by atomic mass is 32.2. The molecule has 0 saturated heterocycles. The van der Waals surface area contributed by atoms with E-state index in [-0.39, 0.29) is 12.8 Å². The Labute approximate surface area is 145 Å². The maximum absolute atomic E-state index is 11.9. The van der Waals surface area contributed by atoms with Crippen LogP contribution in [0.1, 0.15) is 30.4 Å². The summed E-state index contributed by atoms with van der Waals surface area (Å²) in [5.41, 5.74) is 2.70. The lowest BCUT2D eigenvalue weighted by Gasteiger charge is -2.24. The first-order chi connectivity index (χ1) is 11.8. The molecular weight excluding hydrogens is 344 g/mol. The molecule has 0 aliphatic heterocycles. The summed E-state index contributed by atoms with van der Waals surface area (Å²) < 4.78 is 27.1. The van der Waals surface area contributed by atoms with Crippen molar-refractivity contribution in [3.8, 4) is 11.8 Å². The Morgan fingerprint density at radius 1 is 1.32 bits per heavy atom.